The Kier molecular flexibility index (Phi) is 6.67. The van der Waals surface area contributed by atoms with E-state index in [1.54, 1.807) is 11.6 Å². The minimum Gasteiger partial charge on any atom is -0.485 e. The number of carbonyl (C=O) groups is 1. The van der Waals surface area contributed by atoms with Gasteiger partial charge in [-0.2, -0.15) is 4.31 Å². The number of hydrogen-bond donors (Lipinski definition) is 1. The molecule has 9 heteroatoms. The number of fused-ring (bicyclic) bond motifs is 1. The van der Waals surface area contributed by atoms with Crippen LogP contribution in [-0.2, 0) is 34.3 Å². The molecule has 0 spiro atoms. The van der Waals surface area contributed by atoms with Crippen LogP contribution in [0.1, 0.15) is 36.1 Å². The van der Waals surface area contributed by atoms with Gasteiger partial charge in [-0.25, -0.2) is 13.4 Å². The molecule has 0 atom stereocenters. The monoisotopic (exact) mass is 497 g/mol. The van der Waals surface area contributed by atoms with E-state index < -0.39 is 10.0 Å². The van der Waals surface area contributed by atoms with Crippen molar-refractivity contribution in [1.82, 2.24) is 9.29 Å². The molecule has 2 aliphatic rings. The first-order valence-corrected chi connectivity index (χ1v) is 13.9. The van der Waals surface area contributed by atoms with Crippen LogP contribution in [-0.4, -0.2) is 36.7 Å². The fourth-order valence-corrected chi connectivity index (χ4v) is 6.67. The number of aromatic nitrogens is 1. The Labute approximate surface area is 203 Å². The highest BCUT2D eigenvalue weighted by Gasteiger charge is 2.33. The highest BCUT2D eigenvalue weighted by Crippen LogP contribution is 2.30. The molecule has 2 aromatic carbocycles. The second-order valence-electron chi connectivity index (χ2n) is 8.72. The fraction of sp³-hybridized carbons (Fsp3) is 0.360. The van der Waals surface area contributed by atoms with Crippen molar-refractivity contribution in [1.29, 1.82) is 0 Å². The summed E-state index contributed by atoms with van der Waals surface area (Å²) in [4.78, 5) is 17.5. The summed E-state index contributed by atoms with van der Waals surface area (Å²) in [5.74, 6) is 0.220. The summed E-state index contributed by atoms with van der Waals surface area (Å²) in [6, 6.07) is 12.8. The van der Waals surface area contributed by atoms with Crippen molar-refractivity contribution >= 4 is 33.0 Å². The van der Waals surface area contributed by atoms with E-state index in [4.69, 9.17) is 4.74 Å². The van der Waals surface area contributed by atoms with E-state index in [1.807, 2.05) is 41.8 Å². The molecule has 0 radical (unpaired) electrons. The van der Waals surface area contributed by atoms with Gasteiger partial charge in [0.25, 0.3) is 0 Å². The normalized spacial score (nSPS) is 16.8. The Morgan fingerprint density at radius 1 is 1.12 bits per heavy atom. The van der Waals surface area contributed by atoms with Crippen molar-refractivity contribution < 1.29 is 17.9 Å². The van der Waals surface area contributed by atoms with E-state index in [0.29, 0.717) is 48.9 Å². The molecule has 0 unspecified atom stereocenters. The van der Waals surface area contributed by atoms with Crippen LogP contribution >= 0.6 is 11.3 Å². The standard InChI is InChI=1S/C25H27N3O4S2/c29-25(27-23-6-1-2-7-24(23)32-15-21-16-33-17-26-21)19-10-12-28(13-11-19)34(30,31)22-9-8-18-4-3-5-20(18)14-22/h1-2,6-9,14,16-17,19H,3-5,10-13,15H2,(H,27,29). The molecule has 3 aromatic rings. The number of benzene rings is 2. The summed E-state index contributed by atoms with van der Waals surface area (Å²) in [7, 11) is -3.55. The maximum atomic E-state index is 13.2. The van der Waals surface area contributed by atoms with E-state index in [2.05, 4.69) is 10.3 Å². The molecule has 34 heavy (non-hydrogen) atoms. The van der Waals surface area contributed by atoms with Gasteiger partial charge in [-0.15, -0.1) is 11.3 Å². The third-order valence-electron chi connectivity index (χ3n) is 6.54. The highest BCUT2D eigenvalue weighted by atomic mass is 32.2. The van der Waals surface area contributed by atoms with Crippen LogP contribution in [0.25, 0.3) is 0 Å². The van der Waals surface area contributed by atoms with Crippen molar-refractivity contribution in [3.63, 3.8) is 0 Å². The van der Waals surface area contributed by atoms with Gasteiger partial charge in [0.1, 0.15) is 12.4 Å². The zero-order chi connectivity index (χ0) is 23.5. The number of ether oxygens (including phenoxy) is 1. The van der Waals surface area contributed by atoms with Crippen molar-refractivity contribution in [2.24, 2.45) is 5.92 Å². The number of piperidine rings is 1. The molecule has 1 aromatic heterocycles. The zero-order valence-electron chi connectivity index (χ0n) is 18.8. The van der Waals surface area contributed by atoms with Crippen LogP contribution in [0, 0.1) is 5.92 Å². The van der Waals surface area contributed by atoms with E-state index in [-0.39, 0.29) is 11.8 Å². The van der Waals surface area contributed by atoms with Crippen molar-refractivity contribution in [3.8, 4) is 5.75 Å². The average molecular weight is 498 g/mol. The molecule has 2 heterocycles. The molecule has 1 fully saturated rings. The summed E-state index contributed by atoms with van der Waals surface area (Å²) in [5.41, 5.74) is 5.60. The van der Waals surface area contributed by atoms with Gasteiger partial charge in [0.05, 0.1) is 21.8 Å². The van der Waals surface area contributed by atoms with Gasteiger partial charge in [0.15, 0.2) is 0 Å². The summed E-state index contributed by atoms with van der Waals surface area (Å²) >= 11 is 1.51. The molecule has 7 nitrogen and oxygen atoms in total. The number of nitrogens with one attached hydrogen (secondary N) is 1. The molecule has 0 saturated carbocycles. The van der Waals surface area contributed by atoms with Crippen molar-refractivity contribution in [3.05, 3.63) is 70.2 Å². The third kappa shape index (κ3) is 4.87. The maximum Gasteiger partial charge on any atom is 0.243 e. The Hall–Kier alpha value is -2.75. The fourth-order valence-electron chi connectivity index (χ4n) is 4.61. The van der Waals surface area contributed by atoms with Gasteiger partial charge < -0.3 is 10.1 Å². The van der Waals surface area contributed by atoms with Crippen LogP contribution in [0.4, 0.5) is 5.69 Å². The molecular formula is C25H27N3O4S2. The predicted octanol–water partition coefficient (Wildman–Crippen LogP) is 4.25. The first kappa shape index (κ1) is 23.0. The highest BCUT2D eigenvalue weighted by molar-refractivity contribution is 7.89. The molecule has 178 valence electrons. The van der Waals surface area contributed by atoms with Gasteiger partial charge >= 0.3 is 0 Å². The number of para-hydroxylation sites is 2. The van der Waals surface area contributed by atoms with Crippen molar-refractivity contribution in [2.75, 3.05) is 18.4 Å². The number of carbonyl (C=O) groups excluding carboxylic acids is 1. The topological polar surface area (TPSA) is 88.6 Å². The average Bonchev–Trinajstić information content (AvgIpc) is 3.55. The summed E-state index contributed by atoms with van der Waals surface area (Å²) in [6.07, 6.45) is 4.01. The molecule has 1 aliphatic heterocycles. The molecule has 1 saturated heterocycles. The van der Waals surface area contributed by atoms with Crippen LogP contribution < -0.4 is 10.1 Å². The first-order valence-electron chi connectivity index (χ1n) is 11.5. The lowest BCUT2D eigenvalue weighted by Crippen LogP contribution is -2.41. The van der Waals surface area contributed by atoms with Gasteiger partial charge in [-0.05, 0) is 67.5 Å². The third-order valence-corrected chi connectivity index (χ3v) is 9.07. The molecule has 5 rings (SSSR count). The Bertz CT molecular complexity index is 1270. The Balaban J connectivity index is 1.19. The smallest absolute Gasteiger partial charge is 0.243 e. The quantitative estimate of drug-likeness (QED) is 0.527. The van der Waals surface area contributed by atoms with Crippen LogP contribution in [0.15, 0.2) is 58.3 Å². The van der Waals surface area contributed by atoms with Gasteiger partial charge in [-0.1, -0.05) is 18.2 Å². The minimum absolute atomic E-state index is 0.112. The zero-order valence-corrected chi connectivity index (χ0v) is 20.4. The number of nitrogens with zero attached hydrogens (tertiary/aromatic N) is 2. The summed E-state index contributed by atoms with van der Waals surface area (Å²) < 4.78 is 33.7. The van der Waals surface area contributed by atoms with Gasteiger partial charge in [0, 0.05) is 24.4 Å². The predicted molar refractivity (Wildman–Crippen MR) is 131 cm³/mol. The maximum absolute atomic E-state index is 13.2. The number of amides is 1. The van der Waals surface area contributed by atoms with E-state index in [0.717, 1.165) is 30.5 Å². The number of aryl methyl sites for hydroxylation is 2. The Morgan fingerprint density at radius 3 is 2.71 bits per heavy atom. The molecule has 1 aliphatic carbocycles. The van der Waals surface area contributed by atoms with E-state index in [9.17, 15) is 13.2 Å². The number of anilines is 1. The minimum atomic E-state index is -3.55. The van der Waals surface area contributed by atoms with Gasteiger partial charge in [0.2, 0.25) is 15.9 Å². The van der Waals surface area contributed by atoms with Crippen LogP contribution in [0.5, 0.6) is 5.75 Å². The molecule has 1 N–H and O–H groups in total. The SMILES string of the molecule is O=C(Nc1ccccc1OCc1cscn1)C1CCN(S(=O)(=O)c2ccc3c(c2)CCC3)CC1. The second-order valence-corrected chi connectivity index (χ2v) is 11.4. The van der Waals surface area contributed by atoms with Gasteiger partial charge in [-0.3, -0.25) is 4.79 Å². The summed E-state index contributed by atoms with van der Waals surface area (Å²) in [6.45, 7) is 0.994. The number of hydrogen-bond acceptors (Lipinski definition) is 6. The number of rotatable bonds is 7. The number of thiazole rings is 1. The lowest BCUT2D eigenvalue weighted by atomic mass is 9.97. The lowest BCUT2D eigenvalue weighted by Gasteiger charge is -2.30. The van der Waals surface area contributed by atoms with Crippen molar-refractivity contribution in [2.45, 2.75) is 43.6 Å². The Morgan fingerprint density at radius 2 is 1.91 bits per heavy atom. The molecule has 0 bridgehead atoms. The molecule has 1 amide bonds. The van der Waals surface area contributed by atoms with E-state index in [1.165, 1.54) is 21.2 Å². The van der Waals surface area contributed by atoms with Crippen LogP contribution in [0.3, 0.4) is 0 Å². The first-order chi connectivity index (χ1) is 16.5. The largest absolute Gasteiger partial charge is 0.485 e. The molecular weight excluding hydrogens is 470 g/mol. The second kappa shape index (κ2) is 9.85. The summed E-state index contributed by atoms with van der Waals surface area (Å²) in [5, 5.41) is 4.90. The number of sulfonamides is 1. The van der Waals surface area contributed by atoms with E-state index >= 15 is 0 Å². The van der Waals surface area contributed by atoms with Crippen LogP contribution in [0.2, 0.25) is 0 Å². The lowest BCUT2D eigenvalue weighted by molar-refractivity contribution is -0.120.